The van der Waals surface area contributed by atoms with Crippen LogP contribution in [0.2, 0.25) is 0 Å². The molecule has 6 heteroatoms. The van der Waals surface area contributed by atoms with Crippen LogP contribution in [0.5, 0.6) is 0 Å². The van der Waals surface area contributed by atoms with E-state index in [9.17, 15) is 9.59 Å². The summed E-state index contributed by atoms with van der Waals surface area (Å²) in [6.07, 6.45) is -1.02. The Morgan fingerprint density at radius 2 is 1.95 bits per heavy atom. The molecule has 2 rings (SSSR count). The van der Waals surface area contributed by atoms with E-state index in [1.54, 1.807) is 0 Å². The summed E-state index contributed by atoms with van der Waals surface area (Å²) in [6, 6.07) is 14.0. The minimum absolute atomic E-state index is 0.0387. The number of rotatable bonds is 7. The summed E-state index contributed by atoms with van der Waals surface area (Å²) in [4.78, 5) is 23.5. The van der Waals surface area contributed by atoms with Crippen LogP contribution in [0.4, 0.5) is 0 Å². The molecule has 0 saturated carbocycles. The molecule has 0 bridgehead atoms. The number of thioether (sulfide) groups is 1. The first-order chi connectivity index (χ1) is 10.6. The second-order valence-electron chi connectivity index (χ2n) is 4.66. The molecule has 116 valence electrons. The third kappa shape index (κ3) is 4.47. The summed E-state index contributed by atoms with van der Waals surface area (Å²) in [5.74, 6) is -1.08. The number of methoxy groups -OCH3 is 1. The minimum Gasteiger partial charge on any atom is -0.479 e. The van der Waals surface area contributed by atoms with Crippen LogP contribution < -0.4 is 5.32 Å². The number of hydrogen-bond acceptors (Lipinski definition) is 4. The number of carbonyl (C=O) groups excluding carboxylic acids is 1. The molecule has 0 saturated heterocycles. The van der Waals surface area contributed by atoms with E-state index in [4.69, 9.17) is 9.84 Å². The third-order valence-electron chi connectivity index (χ3n) is 3.14. The zero-order chi connectivity index (χ0) is 15.9. The summed E-state index contributed by atoms with van der Waals surface area (Å²) in [6.45, 7) is -0.0387. The van der Waals surface area contributed by atoms with Crippen molar-refractivity contribution in [1.29, 1.82) is 0 Å². The fourth-order valence-corrected chi connectivity index (χ4v) is 2.71. The number of amides is 1. The first-order valence-corrected chi connectivity index (χ1v) is 7.72. The Bertz CT molecular complexity index is 674. The van der Waals surface area contributed by atoms with Crippen molar-refractivity contribution in [2.45, 2.75) is 11.0 Å². The number of nitrogens with one attached hydrogen (secondary N) is 1. The Hall–Kier alpha value is -2.05. The fourth-order valence-electron chi connectivity index (χ4n) is 1.94. The Labute approximate surface area is 132 Å². The van der Waals surface area contributed by atoms with Gasteiger partial charge in [0.15, 0.2) is 6.10 Å². The van der Waals surface area contributed by atoms with Gasteiger partial charge in [-0.1, -0.05) is 30.3 Å². The van der Waals surface area contributed by atoms with Crippen molar-refractivity contribution in [3.8, 4) is 0 Å². The van der Waals surface area contributed by atoms with Crippen molar-refractivity contribution in [1.82, 2.24) is 5.32 Å². The molecule has 0 radical (unpaired) electrons. The SMILES string of the molecule is COC(CNC(=O)CSc1ccc2ccccc2c1)C(=O)O. The zero-order valence-corrected chi connectivity index (χ0v) is 12.9. The summed E-state index contributed by atoms with van der Waals surface area (Å²) >= 11 is 1.41. The van der Waals surface area contributed by atoms with E-state index >= 15 is 0 Å². The van der Waals surface area contributed by atoms with Crippen LogP contribution in [0.15, 0.2) is 47.4 Å². The average Bonchev–Trinajstić information content (AvgIpc) is 2.53. The van der Waals surface area contributed by atoms with Crippen molar-refractivity contribution >= 4 is 34.4 Å². The highest BCUT2D eigenvalue weighted by atomic mass is 32.2. The van der Waals surface area contributed by atoms with Crippen molar-refractivity contribution < 1.29 is 19.4 Å². The molecule has 2 aromatic rings. The molecule has 1 amide bonds. The highest BCUT2D eigenvalue weighted by Crippen LogP contribution is 2.23. The first kappa shape index (κ1) is 16.3. The standard InChI is InChI=1S/C16H17NO4S/c1-21-14(16(19)20)9-17-15(18)10-22-13-7-6-11-4-2-3-5-12(11)8-13/h2-8,14H,9-10H2,1H3,(H,17,18)(H,19,20). The van der Waals surface area contributed by atoms with Crippen LogP contribution in [0.3, 0.4) is 0 Å². The lowest BCUT2D eigenvalue weighted by atomic mass is 10.1. The topological polar surface area (TPSA) is 75.6 Å². The number of benzene rings is 2. The number of carbonyl (C=O) groups is 2. The normalized spacial score (nSPS) is 12.0. The van der Waals surface area contributed by atoms with E-state index < -0.39 is 12.1 Å². The van der Waals surface area contributed by atoms with Gasteiger partial charge in [-0.2, -0.15) is 0 Å². The van der Waals surface area contributed by atoms with E-state index in [0.29, 0.717) is 0 Å². The molecule has 0 aliphatic carbocycles. The maximum atomic E-state index is 11.7. The van der Waals surface area contributed by atoms with Gasteiger partial charge in [-0.05, 0) is 22.9 Å². The van der Waals surface area contributed by atoms with Gasteiger partial charge in [-0.25, -0.2) is 4.79 Å². The van der Waals surface area contributed by atoms with Crippen LogP contribution in [0, 0.1) is 0 Å². The molecular weight excluding hydrogens is 302 g/mol. The lowest BCUT2D eigenvalue weighted by Gasteiger charge is -2.11. The molecular formula is C16H17NO4S. The average molecular weight is 319 g/mol. The summed E-state index contributed by atoms with van der Waals surface area (Å²) in [5, 5.41) is 13.6. The molecule has 1 unspecified atom stereocenters. The van der Waals surface area contributed by atoms with Crippen LogP contribution >= 0.6 is 11.8 Å². The summed E-state index contributed by atoms with van der Waals surface area (Å²) < 4.78 is 4.75. The monoisotopic (exact) mass is 319 g/mol. The van der Waals surface area contributed by atoms with Gasteiger partial charge in [0, 0.05) is 12.0 Å². The van der Waals surface area contributed by atoms with E-state index in [1.807, 2.05) is 42.5 Å². The highest BCUT2D eigenvalue weighted by Gasteiger charge is 2.17. The molecule has 5 nitrogen and oxygen atoms in total. The largest absolute Gasteiger partial charge is 0.479 e. The highest BCUT2D eigenvalue weighted by molar-refractivity contribution is 8.00. The summed E-state index contributed by atoms with van der Waals surface area (Å²) in [7, 11) is 1.30. The second-order valence-corrected chi connectivity index (χ2v) is 5.71. The van der Waals surface area contributed by atoms with Gasteiger partial charge in [0.2, 0.25) is 5.91 Å². The molecule has 0 aromatic heterocycles. The van der Waals surface area contributed by atoms with Crippen LogP contribution in [-0.2, 0) is 14.3 Å². The molecule has 22 heavy (non-hydrogen) atoms. The Morgan fingerprint density at radius 1 is 1.23 bits per heavy atom. The quantitative estimate of drug-likeness (QED) is 0.765. The smallest absolute Gasteiger partial charge is 0.334 e. The van der Waals surface area contributed by atoms with Crippen molar-refractivity contribution in [3.63, 3.8) is 0 Å². The molecule has 2 aromatic carbocycles. The van der Waals surface area contributed by atoms with Gasteiger partial charge in [0.05, 0.1) is 12.3 Å². The van der Waals surface area contributed by atoms with Gasteiger partial charge < -0.3 is 15.2 Å². The molecule has 0 heterocycles. The maximum absolute atomic E-state index is 11.7. The Kier molecular flexibility index (Phi) is 5.80. The molecule has 1 atom stereocenters. The number of carboxylic acid groups (broad SMARTS) is 1. The molecule has 0 spiro atoms. The third-order valence-corrected chi connectivity index (χ3v) is 4.13. The number of hydrogen-bond donors (Lipinski definition) is 2. The molecule has 2 N–H and O–H groups in total. The second kappa shape index (κ2) is 7.82. The maximum Gasteiger partial charge on any atom is 0.334 e. The lowest BCUT2D eigenvalue weighted by Crippen LogP contribution is -2.38. The van der Waals surface area contributed by atoms with E-state index in [0.717, 1.165) is 15.7 Å². The lowest BCUT2D eigenvalue weighted by molar-refractivity contribution is -0.148. The van der Waals surface area contributed by atoms with Crippen LogP contribution in [0.1, 0.15) is 0 Å². The van der Waals surface area contributed by atoms with E-state index in [1.165, 1.54) is 18.9 Å². The van der Waals surface area contributed by atoms with Gasteiger partial charge in [0.25, 0.3) is 0 Å². The first-order valence-electron chi connectivity index (χ1n) is 6.74. The molecule has 0 aliphatic rings. The van der Waals surface area contributed by atoms with Gasteiger partial charge in [0.1, 0.15) is 0 Å². The molecule has 0 fully saturated rings. The predicted molar refractivity (Wildman–Crippen MR) is 86.1 cm³/mol. The number of aliphatic carboxylic acids is 1. The predicted octanol–water partition coefficient (Wildman–Crippen LogP) is 2.15. The molecule has 0 aliphatic heterocycles. The number of ether oxygens (including phenoxy) is 1. The Morgan fingerprint density at radius 3 is 2.64 bits per heavy atom. The van der Waals surface area contributed by atoms with Crippen molar-refractivity contribution in [3.05, 3.63) is 42.5 Å². The van der Waals surface area contributed by atoms with Crippen LogP contribution in [-0.4, -0.2) is 42.5 Å². The number of fused-ring (bicyclic) bond motifs is 1. The summed E-state index contributed by atoms with van der Waals surface area (Å²) in [5.41, 5.74) is 0. The van der Waals surface area contributed by atoms with E-state index in [-0.39, 0.29) is 18.2 Å². The van der Waals surface area contributed by atoms with Gasteiger partial charge >= 0.3 is 5.97 Å². The Balaban J connectivity index is 1.86. The fraction of sp³-hybridized carbons (Fsp3) is 0.250. The number of carboxylic acids is 1. The van der Waals surface area contributed by atoms with Gasteiger partial charge in [-0.3, -0.25) is 4.79 Å². The van der Waals surface area contributed by atoms with Crippen molar-refractivity contribution in [2.24, 2.45) is 0 Å². The van der Waals surface area contributed by atoms with Crippen LogP contribution in [0.25, 0.3) is 10.8 Å². The van der Waals surface area contributed by atoms with E-state index in [2.05, 4.69) is 5.32 Å². The zero-order valence-electron chi connectivity index (χ0n) is 12.1. The minimum atomic E-state index is -1.09. The van der Waals surface area contributed by atoms with Crippen molar-refractivity contribution in [2.75, 3.05) is 19.4 Å². The van der Waals surface area contributed by atoms with Gasteiger partial charge in [-0.15, -0.1) is 11.8 Å².